The highest BCUT2D eigenvalue weighted by Gasteiger charge is 2.23. The van der Waals surface area contributed by atoms with Crippen molar-refractivity contribution in [2.75, 3.05) is 6.54 Å². The van der Waals surface area contributed by atoms with Crippen LogP contribution in [0.3, 0.4) is 0 Å². The SMILES string of the molecule is C=C1CCC(/C=C/CCc2cccc(-c3ccccc3F)c2)N1CCCCCCC. The minimum atomic E-state index is -0.161. The molecule has 0 saturated carbocycles. The van der Waals surface area contributed by atoms with E-state index in [0.717, 1.165) is 31.4 Å². The molecule has 30 heavy (non-hydrogen) atoms. The summed E-state index contributed by atoms with van der Waals surface area (Å²) in [6.07, 6.45) is 15.6. The average Bonchev–Trinajstić information content (AvgIpc) is 3.11. The van der Waals surface area contributed by atoms with Crippen LogP contribution < -0.4 is 0 Å². The molecule has 1 fully saturated rings. The fraction of sp³-hybridized carbons (Fsp3) is 0.429. The Hall–Kier alpha value is -2.35. The van der Waals surface area contributed by atoms with E-state index in [1.165, 1.54) is 55.9 Å². The number of unbranched alkanes of at least 4 members (excludes halogenated alkanes) is 4. The topological polar surface area (TPSA) is 3.24 Å². The van der Waals surface area contributed by atoms with Gasteiger partial charge in [-0.2, -0.15) is 0 Å². The first-order valence-corrected chi connectivity index (χ1v) is 11.6. The summed E-state index contributed by atoms with van der Waals surface area (Å²) in [5, 5.41) is 0. The maximum atomic E-state index is 14.1. The molecule has 1 heterocycles. The van der Waals surface area contributed by atoms with Crippen LogP contribution in [-0.2, 0) is 6.42 Å². The van der Waals surface area contributed by atoms with E-state index in [0.29, 0.717) is 11.6 Å². The van der Waals surface area contributed by atoms with Gasteiger partial charge in [-0.15, -0.1) is 0 Å². The van der Waals surface area contributed by atoms with Crippen LogP contribution >= 0.6 is 0 Å². The Labute approximate surface area is 182 Å². The molecule has 0 aliphatic carbocycles. The third kappa shape index (κ3) is 6.32. The van der Waals surface area contributed by atoms with E-state index in [2.05, 4.69) is 42.7 Å². The molecular formula is C28H36FN. The lowest BCUT2D eigenvalue weighted by molar-refractivity contribution is 0.325. The molecule has 1 aliphatic heterocycles. The molecule has 1 saturated heterocycles. The Balaban J connectivity index is 1.50. The quantitative estimate of drug-likeness (QED) is 0.271. The molecule has 0 amide bonds. The predicted molar refractivity (Wildman–Crippen MR) is 127 cm³/mol. The van der Waals surface area contributed by atoms with E-state index in [-0.39, 0.29) is 5.82 Å². The monoisotopic (exact) mass is 405 g/mol. The lowest BCUT2D eigenvalue weighted by Crippen LogP contribution is -2.27. The minimum absolute atomic E-state index is 0.161. The van der Waals surface area contributed by atoms with Crippen molar-refractivity contribution < 1.29 is 4.39 Å². The van der Waals surface area contributed by atoms with Crippen LogP contribution in [0.15, 0.2) is 73.0 Å². The van der Waals surface area contributed by atoms with Gasteiger partial charge in [-0.05, 0) is 49.3 Å². The second-order valence-electron chi connectivity index (χ2n) is 8.43. The zero-order valence-corrected chi connectivity index (χ0v) is 18.5. The van der Waals surface area contributed by atoms with E-state index in [1.807, 2.05) is 24.3 Å². The number of aryl methyl sites for hydroxylation is 1. The molecule has 2 heteroatoms. The van der Waals surface area contributed by atoms with Gasteiger partial charge in [0.2, 0.25) is 0 Å². The Morgan fingerprint density at radius 2 is 1.90 bits per heavy atom. The van der Waals surface area contributed by atoms with Crippen molar-refractivity contribution in [2.24, 2.45) is 0 Å². The average molecular weight is 406 g/mol. The largest absolute Gasteiger partial charge is 0.369 e. The van der Waals surface area contributed by atoms with Gasteiger partial charge in [-0.3, -0.25) is 0 Å². The standard InChI is InChI=1S/C28H36FN/c1-3-4-5-6-11-21-30-23(2)19-20-26(30)16-8-7-13-24-14-12-15-25(22-24)27-17-9-10-18-28(27)29/h8-10,12,14-18,22,26H,2-7,11,13,19-21H2,1H3/b16-8+. The second-order valence-corrected chi connectivity index (χ2v) is 8.43. The molecule has 0 aromatic heterocycles. The summed E-state index contributed by atoms with van der Waals surface area (Å²) >= 11 is 0. The highest BCUT2D eigenvalue weighted by atomic mass is 19.1. The van der Waals surface area contributed by atoms with Crippen LogP contribution in [-0.4, -0.2) is 17.5 Å². The van der Waals surface area contributed by atoms with Crippen LogP contribution in [0.4, 0.5) is 4.39 Å². The summed E-state index contributed by atoms with van der Waals surface area (Å²) in [6.45, 7) is 7.69. The summed E-state index contributed by atoms with van der Waals surface area (Å²) in [7, 11) is 0. The van der Waals surface area contributed by atoms with Gasteiger partial charge in [0.25, 0.3) is 0 Å². The molecule has 0 bridgehead atoms. The van der Waals surface area contributed by atoms with E-state index in [4.69, 9.17) is 0 Å². The van der Waals surface area contributed by atoms with Crippen molar-refractivity contribution >= 4 is 0 Å². The molecule has 2 aromatic rings. The number of hydrogen-bond acceptors (Lipinski definition) is 1. The van der Waals surface area contributed by atoms with Crippen LogP contribution in [0.25, 0.3) is 11.1 Å². The molecule has 160 valence electrons. The van der Waals surface area contributed by atoms with Gasteiger partial charge in [-0.25, -0.2) is 4.39 Å². The number of hydrogen-bond donors (Lipinski definition) is 0. The molecule has 1 nitrogen and oxygen atoms in total. The lowest BCUT2D eigenvalue weighted by atomic mass is 10.0. The van der Waals surface area contributed by atoms with Gasteiger partial charge >= 0.3 is 0 Å². The van der Waals surface area contributed by atoms with Gasteiger partial charge in [0.15, 0.2) is 0 Å². The van der Waals surface area contributed by atoms with Crippen LogP contribution in [0.5, 0.6) is 0 Å². The number of allylic oxidation sites excluding steroid dienone is 2. The van der Waals surface area contributed by atoms with Crippen molar-refractivity contribution in [3.05, 3.63) is 84.3 Å². The van der Waals surface area contributed by atoms with E-state index in [9.17, 15) is 4.39 Å². The summed E-state index contributed by atoms with van der Waals surface area (Å²) in [5.41, 5.74) is 4.19. The van der Waals surface area contributed by atoms with Crippen LogP contribution in [0, 0.1) is 5.82 Å². The number of benzene rings is 2. The van der Waals surface area contributed by atoms with Gasteiger partial charge in [-0.1, -0.05) is 93.8 Å². The molecule has 0 spiro atoms. The van der Waals surface area contributed by atoms with Crippen molar-refractivity contribution in [1.82, 2.24) is 4.90 Å². The van der Waals surface area contributed by atoms with Crippen LogP contribution in [0.1, 0.15) is 63.9 Å². The summed E-state index contributed by atoms with van der Waals surface area (Å²) < 4.78 is 14.1. The van der Waals surface area contributed by atoms with E-state index in [1.54, 1.807) is 6.07 Å². The molecule has 1 atom stereocenters. The highest BCUT2D eigenvalue weighted by molar-refractivity contribution is 5.64. The Bertz CT molecular complexity index is 838. The Morgan fingerprint density at radius 3 is 2.73 bits per heavy atom. The summed E-state index contributed by atoms with van der Waals surface area (Å²) in [6, 6.07) is 15.8. The Kier molecular flexibility index (Phi) is 8.74. The van der Waals surface area contributed by atoms with Crippen molar-refractivity contribution in [3.63, 3.8) is 0 Å². The zero-order valence-electron chi connectivity index (χ0n) is 18.5. The first kappa shape index (κ1) is 22.3. The molecule has 2 aromatic carbocycles. The maximum Gasteiger partial charge on any atom is 0.131 e. The predicted octanol–water partition coefficient (Wildman–Crippen LogP) is 7.93. The van der Waals surface area contributed by atoms with Crippen molar-refractivity contribution in [2.45, 2.75) is 70.8 Å². The fourth-order valence-corrected chi connectivity index (χ4v) is 4.35. The third-order valence-electron chi connectivity index (χ3n) is 6.11. The first-order valence-electron chi connectivity index (χ1n) is 11.6. The number of nitrogens with zero attached hydrogens (tertiary/aromatic N) is 1. The van der Waals surface area contributed by atoms with E-state index >= 15 is 0 Å². The molecular weight excluding hydrogens is 369 g/mol. The normalized spacial score (nSPS) is 16.7. The Morgan fingerprint density at radius 1 is 1.07 bits per heavy atom. The smallest absolute Gasteiger partial charge is 0.131 e. The lowest BCUT2D eigenvalue weighted by Gasteiger charge is -2.25. The number of halogens is 1. The zero-order chi connectivity index (χ0) is 21.2. The van der Waals surface area contributed by atoms with Gasteiger partial charge in [0, 0.05) is 23.8 Å². The maximum absolute atomic E-state index is 14.1. The second kappa shape index (κ2) is 11.7. The molecule has 3 rings (SSSR count). The number of rotatable bonds is 11. The first-order chi connectivity index (χ1) is 14.7. The third-order valence-corrected chi connectivity index (χ3v) is 6.11. The van der Waals surface area contributed by atoms with Gasteiger partial charge in [0.1, 0.15) is 5.82 Å². The molecule has 0 N–H and O–H groups in total. The van der Waals surface area contributed by atoms with Crippen molar-refractivity contribution in [1.29, 1.82) is 0 Å². The van der Waals surface area contributed by atoms with Gasteiger partial charge in [0.05, 0.1) is 0 Å². The molecule has 1 unspecified atom stereocenters. The fourth-order valence-electron chi connectivity index (χ4n) is 4.35. The molecule has 0 radical (unpaired) electrons. The van der Waals surface area contributed by atoms with Gasteiger partial charge < -0.3 is 4.90 Å². The van der Waals surface area contributed by atoms with Crippen LogP contribution in [0.2, 0.25) is 0 Å². The number of likely N-dealkylation sites (tertiary alicyclic amines) is 1. The minimum Gasteiger partial charge on any atom is -0.369 e. The van der Waals surface area contributed by atoms with Crippen molar-refractivity contribution in [3.8, 4) is 11.1 Å². The summed E-state index contributed by atoms with van der Waals surface area (Å²) in [5.74, 6) is -0.161. The summed E-state index contributed by atoms with van der Waals surface area (Å²) in [4.78, 5) is 2.52. The van der Waals surface area contributed by atoms with E-state index < -0.39 is 0 Å². The highest BCUT2D eigenvalue weighted by Crippen LogP contribution is 2.28. The molecule has 1 aliphatic rings.